The molecule has 0 aliphatic heterocycles. The van der Waals surface area contributed by atoms with Gasteiger partial charge in [0.2, 0.25) is 11.7 Å². The van der Waals surface area contributed by atoms with Crippen LogP contribution >= 0.6 is 11.8 Å². The first-order valence-corrected chi connectivity index (χ1v) is 6.67. The first-order chi connectivity index (χ1) is 8.22. The van der Waals surface area contributed by atoms with Gasteiger partial charge in [0.15, 0.2) is 5.82 Å². The van der Waals surface area contributed by atoms with Crippen molar-refractivity contribution in [3.8, 4) is 11.6 Å². The van der Waals surface area contributed by atoms with Crippen LogP contribution in [-0.2, 0) is 7.05 Å². The lowest BCUT2D eigenvalue weighted by atomic mass is 10.2. The van der Waals surface area contributed by atoms with E-state index in [1.54, 1.807) is 18.0 Å². The average Bonchev–Trinajstić information content (AvgIpc) is 2.93. The SMILES string of the molecule is CSCC[C@H](N)c1nc(-c2nccn2C)no1. The summed E-state index contributed by atoms with van der Waals surface area (Å²) in [4.78, 5) is 8.42. The first kappa shape index (κ1) is 12.1. The first-order valence-electron chi connectivity index (χ1n) is 5.28. The third-order valence-corrected chi connectivity index (χ3v) is 3.06. The molecule has 0 unspecified atom stereocenters. The van der Waals surface area contributed by atoms with Gasteiger partial charge in [0.25, 0.3) is 0 Å². The van der Waals surface area contributed by atoms with E-state index in [1.165, 1.54) is 0 Å². The number of aryl methyl sites for hydroxylation is 1. The number of imidazole rings is 1. The third kappa shape index (κ3) is 2.67. The van der Waals surface area contributed by atoms with Crippen LogP contribution in [0.15, 0.2) is 16.9 Å². The Bertz CT molecular complexity index is 481. The molecule has 17 heavy (non-hydrogen) atoms. The Kier molecular flexibility index (Phi) is 3.80. The summed E-state index contributed by atoms with van der Waals surface area (Å²) < 4.78 is 6.99. The summed E-state index contributed by atoms with van der Waals surface area (Å²) in [5.74, 6) is 2.60. The smallest absolute Gasteiger partial charge is 0.243 e. The van der Waals surface area contributed by atoms with Crippen molar-refractivity contribution >= 4 is 11.8 Å². The van der Waals surface area contributed by atoms with Gasteiger partial charge in [-0.3, -0.25) is 0 Å². The Morgan fingerprint density at radius 2 is 2.41 bits per heavy atom. The van der Waals surface area contributed by atoms with Crippen LogP contribution in [0.1, 0.15) is 18.4 Å². The molecule has 0 saturated carbocycles. The lowest BCUT2D eigenvalue weighted by Gasteiger charge is -2.03. The lowest BCUT2D eigenvalue weighted by molar-refractivity contribution is 0.353. The monoisotopic (exact) mass is 253 g/mol. The lowest BCUT2D eigenvalue weighted by Crippen LogP contribution is -2.11. The van der Waals surface area contributed by atoms with Gasteiger partial charge in [-0.05, 0) is 18.4 Å². The molecule has 0 saturated heterocycles. The fourth-order valence-electron chi connectivity index (χ4n) is 1.43. The molecular weight excluding hydrogens is 238 g/mol. The molecule has 0 aromatic carbocycles. The third-order valence-electron chi connectivity index (χ3n) is 2.41. The summed E-state index contributed by atoms with van der Waals surface area (Å²) in [6.07, 6.45) is 6.39. The summed E-state index contributed by atoms with van der Waals surface area (Å²) in [6.45, 7) is 0. The number of nitrogens with two attached hydrogens (primary N) is 1. The maximum Gasteiger partial charge on any atom is 0.243 e. The van der Waals surface area contributed by atoms with Crippen molar-refractivity contribution in [3.63, 3.8) is 0 Å². The number of rotatable bonds is 5. The number of nitrogens with zero attached hydrogens (tertiary/aromatic N) is 4. The summed E-state index contributed by atoms with van der Waals surface area (Å²) in [5, 5.41) is 3.89. The van der Waals surface area contributed by atoms with Gasteiger partial charge in [0.1, 0.15) is 0 Å². The zero-order chi connectivity index (χ0) is 12.3. The molecule has 2 rings (SSSR count). The van der Waals surface area contributed by atoms with Crippen LogP contribution in [0.3, 0.4) is 0 Å². The second-order valence-corrected chi connectivity index (χ2v) is 4.69. The predicted molar refractivity (Wildman–Crippen MR) is 66.4 cm³/mol. The molecule has 2 aromatic rings. The van der Waals surface area contributed by atoms with E-state index in [0.717, 1.165) is 12.2 Å². The molecule has 7 heteroatoms. The highest BCUT2D eigenvalue weighted by Gasteiger charge is 2.17. The van der Waals surface area contributed by atoms with E-state index >= 15 is 0 Å². The van der Waals surface area contributed by atoms with E-state index in [-0.39, 0.29) is 6.04 Å². The van der Waals surface area contributed by atoms with Crippen molar-refractivity contribution in [1.29, 1.82) is 0 Å². The highest BCUT2D eigenvalue weighted by Crippen LogP contribution is 2.18. The highest BCUT2D eigenvalue weighted by molar-refractivity contribution is 7.98. The maximum atomic E-state index is 5.95. The van der Waals surface area contributed by atoms with Crippen LogP contribution in [0, 0.1) is 0 Å². The van der Waals surface area contributed by atoms with Crippen molar-refractivity contribution in [2.24, 2.45) is 12.8 Å². The number of thioether (sulfide) groups is 1. The minimum Gasteiger partial charge on any atom is -0.337 e. The van der Waals surface area contributed by atoms with Crippen LogP contribution < -0.4 is 5.73 Å². The van der Waals surface area contributed by atoms with E-state index < -0.39 is 0 Å². The van der Waals surface area contributed by atoms with E-state index in [0.29, 0.717) is 17.5 Å². The van der Waals surface area contributed by atoms with Crippen LogP contribution in [0.2, 0.25) is 0 Å². The average molecular weight is 253 g/mol. The molecule has 0 radical (unpaired) electrons. The number of hydrogen-bond acceptors (Lipinski definition) is 6. The van der Waals surface area contributed by atoms with E-state index in [9.17, 15) is 0 Å². The fraction of sp³-hybridized carbons (Fsp3) is 0.500. The minimum atomic E-state index is -0.205. The molecule has 6 nitrogen and oxygen atoms in total. The van der Waals surface area contributed by atoms with Gasteiger partial charge in [-0.15, -0.1) is 0 Å². The Hall–Kier alpha value is -1.34. The molecule has 0 spiro atoms. The quantitative estimate of drug-likeness (QED) is 0.862. The van der Waals surface area contributed by atoms with Crippen molar-refractivity contribution < 1.29 is 4.52 Å². The standard InChI is InChI=1S/C10H15N5OS/c1-15-5-4-12-9(15)8-13-10(16-14-8)7(11)3-6-17-2/h4-5,7H,3,6,11H2,1-2H3/t7-/m0/s1. The van der Waals surface area contributed by atoms with Crippen molar-refractivity contribution in [1.82, 2.24) is 19.7 Å². The van der Waals surface area contributed by atoms with Crippen LogP contribution in [0.25, 0.3) is 11.6 Å². The normalized spacial score (nSPS) is 12.9. The number of aromatic nitrogens is 4. The fourth-order valence-corrected chi connectivity index (χ4v) is 1.92. The molecule has 0 bridgehead atoms. The second-order valence-electron chi connectivity index (χ2n) is 3.71. The molecular formula is C10H15N5OS. The van der Waals surface area contributed by atoms with Gasteiger partial charge in [0, 0.05) is 19.4 Å². The van der Waals surface area contributed by atoms with Crippen LogP contribution in [-0.4, -0.2) is 31.7 Å². The van der Waals surface area contributed by atoms with Gasteiger partial charge in [-0.2, -0.15) is 16.7 Å². The van der Waals surface area contributed by atoms with E-state index in [2.05, 4.69) is 15.1 Å². The van der Waals surface area contributed by atoms with Gasteiger partial charge in [0.05, 0.1) is 6.04 Å². The molecule has 2 aromatic heterocycles. The highest BCUT2D eigenvalue weighted by atomic mass is 32.2. The van der Waals surface area contributed by atoms with Gasteiger partial charge in [-0.25, -0.2) is 4.98 Å². The summed E-state index contributed by atoms with van der Waals surface area (Å²) in [7, 11) is 1.88. The van der Waals surface area contributed by atoms with Crippen LogP contribution in [0.5, 0.6) is 0 Å². The van der Waals surface area contributed by atoms with E-state index in [1.807, 2.05) is 24.1 Å². The summed E-state index contributed by atoms with van der Waals surface area (Å²) >= 11 is 1.75. The number of hydrogen-bond donors (Lipinski definition) is 1. The molecule has 92 valence electrons. The molecule has 1 atom stereocenters. The minimum absolute atomic E-state index is 0.205. The van der Waals surface area contributed by atoms with Crippen LogP contribution in [0.4, 0.5) is 0 Å². The van der Waals surface area contributed by atoms with Crippen molar-refractivity contribution in [3.05, 3.63) is 18.3 Å². The van der Waals surface area contributed by atoms with Crippen molar-refractivity contribution in [2.75, 3.05) is 12.0 Å². The molecule has 0 aliphatic carbocycles. The predicted octanol–water partition coefficient (Wildman–Crippen LogP) is 1.22. The van der Waals surface area contributed by atoms with E-state index in [4.69, 9.17) is 10.3 Å². The second kappa shape index (κ2) is 5.33. The Balaban J connectivity index is 2.13. The Labute approximate surface area is 104 Å². The molecule has 0 amide bonds. The van der Waals surface area contributed by atoms with Gasteiger partial charge in [-0.1, -0.05) is 5.16 Å². The Morgan fingerprint density at radius 3 is 3.06 bits per heavy atom. The molecule has 2 heterocycles. The van der Waals surface area contributed by atoms with Gasteiger partial charge >= 0.3 is 0 Å². The summed E-state index contributed by atoms with van der Waals surface area (Å²) in [6, 6.07) is -0.205. The largest absolute Gasteiger partial charge is 0.337 e. The molecule has 0 fully saturated rings. The zero-order valence-electron chi connectivity index (χ0n) is 9.83. The van der Waals surface area contributed by atoms with Gasteiger partial charge < -0.3 is 14.8 Å². The molecule has 2 N–H and O–H groups in total. The zero-order valence-corrected chi connectivity index (χ0v) is 10.6. The van der Waals surface area contributed by atoms with Crippen molar-refractivity contribution in [2.45, 2.75) is 12.5 Å². The maximum absolute atomic E-state index is 5.95. The summed E-state index contributed by atoms with van der Waals surface area (Å²) in [5.41, 5.74) is 5.95. The molecule has 0 aliphatic rings. The topological polar surface area (TPSA) is 82.8 Å². The Morgan fingerprint density at radius 1 is 1.59 bits per heavy atom.